The normalized spacial score (nSPS) is 12.3. The molecule has 0 aromatic carbocycles. The Morgan fingerprint density at radius 2 is 2.00 bits per heavy atom. The summed E-state index contributed by atoms with van der Waals surface area (Å²) < 4.78 is 0. The third-order valence-electron chi connectivity index (χ3n) is 2.82. The molecule has 112 valence electrons. The van der Waals surface area contributed by atoms with Crippen molar-refractivity contribution in [3.05, 3.63) is 29.6 Å². The fraction of sp³-hybridized carbons (Fsp3) is 0.600. The second kappa shape index (κ2) is 6.33. The lowest BCUT2D eigenvalue weighted by Crippen LogP contribution is -2.33. The summed E-state index contributed by atoms with van der Waals surface area (Å²) >= 11 is 0. The number of hydrogen-bond donors (Lipinski definition) is 2. The monoisotopic (exact) mass is 280 g/mol. The highest BCUT2D eigenvalue weighted by molar-refractivity contribution is 5.94. The lowest BCUT2D eigenvalue weighted by atomic mass is 9.88. The Morgan fingerprint density at radius 1 is 1.35 bits per heavy atom. The van der Waals surface area contributed by atoms with Gasteiger partial charge in [0.25, 0.3) is 5.91 Å². The molecule has 2 N–H and O–H groups in total. The van der Waals surface area contributed by atoms with Crippen molar-refractivity contribution in [1.82, 2.24) is 10.5 Å². The lowest BCUT2D eigenvalue weighted by Gasteiger charge is -2.22. The lowest BCUT2D eigenvalue weighted by molar-refractivity contribution is -0.0198. The summed E-state index contributed by atoms with van der Waals surface area (Å²) in [5, 5.41) is 9.12. The van der Waals surface area contributed by atoms with Crippen LogP contribution >= 0.6 is 0 Å². The third kappa shape index (κ3) is 4.58. The van der Waals surface area contributed by atoms with Crippen molar-refractivity contribution >= 4 is 5.91 Å². The highest BCUT2D eigenvalue weighted by Crippen LogP contribution is 2.23. The van der Waals surface area contributed by atoms with Crippen LogP contribution in [0.5, 0.6) is 0 Å². The van der Waals surface area contributed by atoms with Crippen molar-refractivity contribution in [2.75, 3.05) is 13.2 Å². The predicted octanol–water partition coefficient (Wildman–Crippen LogP) is 2.06. The summed E-state index contributed by atoms with van der Waals surface area (Å²) in [4.78, 5) is 21.6. The van der Waals surface area contributed by atoms with Gasteiger partial charge in [0.1, 0.15) is 0 Å². The molecule has 0 bridgehead atoms. The molecule has 0 saturated heterocycles. The van der Waals surface area contributed by atoms with E-state index in [4.69, 9.17) is 9.94 Å². The van der Waals surface area contributed by atoms with Crippen molar-refractivity contribution in [3.63, 3.8) is 0 Å². The molecule has 0 unspecified atom stereocenters. The zero-order valence-electron chi connectivity index (χ0n) is 12.9. The minimum Gasteiger partial charge on any atom is -0.396 e. The van der Waals surface area contributed by atoms with E-state index in [1.165, 1.54) is 0 Å². The smallest absolute Gasteiger partial charge is 0.276 e. The van der Waals surface area contributed by atoms with Crippen LogP contribution in [0.4, 0.5) is 0 Å². The summed E-state index contributed by atoms with van der Waals surface area (Å²) in [7, 11) is 0. The minimum absolute atomic E-state index is 0.0109. The van der Waals surface area contributed by atoms with Gasteiger partial charge in [-0.05, 0) is 12.1 Å². The highest BCUT2D eigenvalue weighted by Gasteiger charge is 2.23. The Bertz CT molecular complexity index is 464. The molecule has 1 rings (SSSR count). The number of pyridine rings is 1. The molecule has 5 heteroatoms. The second-order valence-electron chi connectivity index (χ2n) is 6.69. The number of carbonyl (C=O) groups excluding carboxylic acids is 1. The summed E-state index contributed by atoms with van der Waals surface area (Å²) in [5.41, 5.74) is 3.02. The van der Waals surface area contributed by atoms with Crippen LogP contribution < -0.4 is 5.48 Å². The van der Waals surface area contributed by atoms with Gasteiger partial charge < -0.3 is 5.11 Å². The summed E-state index contributed by atoms with van der Waals surface area (Å²) in [6, 6.07) is 3.45. The van der Waals surface area contributed by atoms with Gasteiger partial charge in [-0.3, -0.25) is 14.6 Å². The Hall–Kier alpha value is -1.46. The van der Waals surface area contributed by atoms with E-state index < -0.39 is 5.41 Å². The van der Waals surface area contributed by atoms with Crippen LogP contribution in [-0.2, 0) is 10.3 Å². The van der Waals surface area contributed by atoms with Gasteiger partial charge in [-0.15, -0.1) is 0 Å². The van der Waals surface area contributed by atoms with Gasteiger partial charge in [0, 0.05) is 17.0 Å². The molecule has 0 spiro atoms. The molecule has 0 aliphatic carbocycles. The van der Waals surface area contributed by atoms with Crippen molar-refractivity contribution < 1.29 is 14.7 Å². The third-order valence-corrected chi connectivity index (χ3v) is 2.82. The van der Waals surface area contributed by atoms with Crippen LogP contribution in [-0.4, -0.2) is 29.2 Å². The molecule has 0 radical (unpaired) electrons. The van der Waals surface area contributed by atoms with Gasteiger partial charge in [0.05, 0.1) is 24.5 Å². The summed E-state index contributed by atoms with van der Waals surface area (Å²) in [5.74, 6) is -0.322. The predicted molar refractivity (Wildman–Crippen MR) is 77.2 cm³/mol. The maximum atomic E-state index is 12.1. The molecule has 0 aliphatic heterocycles. The molecule has 1 aromatic heterocycles. The zero-order chi connectivity index (χ0) is 15.4. The van der Waals surface area contributed by atoms with Crippen LogP contribution in [0.15, 0.2) is 18.3 Å². The number of hydroxylamine groups is 1. The highest BCUT2D eigenvalue weighted by atomic mass is 16.7. The molecule has 0 saturated carbocycles. The zero-order valence-corrected chi connectivity index (χ0v) is 12.9. The van der Waals surface area contributed by atoms with Crippen molar-refractivity contribution in [1.29, 1.82) is 0 Å². The first-order valence-corrected chi connectivity index (χ1v) is 6.66. The Kier molecular flexibility index (Phi) is 5.25. The molecule has 0 aliphatic rings. The van der Waals surface area contributed by atoms with Gasteiger partial charge in [0.2, 0.25) is 0 Å². The molecule has 5 nitrogen and oxygen atoms in total. The van der Waals surface area contributed by atoms with Crippen LogP contribution in [0, 0.1) is 5.41 Å². The average molecular weight is 280 g/mol. The molecule has 0 fully saturated rings. The van der Waals surface area contributed by atoms with E-state index in [1.807, 2.05) is 34.6 Å². The van der Waals surface area contributed by atoms with E-state index in [0.29, 0.717) is 5.56 Å². The number of aliphatic hydroxyl groups is 1. The molecule has 1 amide bonds. The van der Waals surface area contributed by atoms with Crippen LogP contribution in [0.25, 0.3) is 0 Å². The van der Waals surface area contributed by atoms with Gasteiger partial charge in [0.15, 0.2) is 0 Å². The van der Waals surface area contributed by atoms with Crippen molar-refractivity contribution in [3.8, 4) is 0 Å². The standard InChI is InChI=1S/C15H24N2O3/c1-14(2,3)12-11(7-6-8-16-12)13(19)17-20-10-15(4,5)9-18/h6-8,18H,9-10H2,1-5H3,(H,17,19). The van der Waals surface area contributed by atoms with Crippen LogP contribution in [0.3, 0.4) is 0 Å². The van der Waals surface area contributed by atoms with Gasteiger partial charge >= 0.3 is 0 Å². The SMILES string of the molecule is CC(C)(CO)CONC(=O)c1cccnc1C(C)(C)C. The number of aromatic nitrogens is 1. The second-order valence-corrected chi connectivity index (χ2v) is 6.69. The molecule has 0 atom stereocenters. The first kappa shape index (κ1) is 16.6. The van der Waals surface area contributed by atoms with Crippen molar-refractivity contribution in [2.24, 2.45) is 5.41 Å². The average Bonchev–Trinajstić information content (AvgIpc) is 2.37. The largest absolute Gasteiger partial charge is 0.396 e. The number of rotatable bonds is 5. The molecular formula is C15H24N2O3. The minimum atomic E-state index is -0.394. The Balaban J connectivity index is 2.74. The van der Waals surface area contributed by atoms with Crippen LogP contribution in [0.2, 0.25) is 0 Å². The fourth-order valence-electron chi connectivity index (χ4n) is 1.58. The van der Waals surface area contributed by atoms with E-state index in [0.717, 1.165) is 5.69 Å². The molecule has 20 heavy (non-hydrogen) atoms. The van der Waals surface area contributed by atoms with Gasteiger partial charge in [-0.25, -0.2) is 5.48 Å². The number of hydrogen-bond acceptors (Lipinski definition) is 4. The maximum absolute atomic E-state index is 12.1. The topological polar surface area (TPSA) is 71.5 Å². The first-order valence-electron chi connectivity index (χ1n) is 6.66. The van der Waals surface area contributed by atoms with E-state index in [9.17, 15) is 4.79 Å². The van der Waals surface area contributed by atoms with E-state index in [-0.39, 0.29) is 24.5 Å². The van der Waals surface area contributed by atoms with E-state index in [2.05, 4.69) is 10.5 Å². The number of amides is 1. The first-order chi connectivity index (χ1) is 9.17. The van der Waals surface area contributed by atoms with E-state index >= 15 is 0 Å². The van der Waals surface area contributed by atoms with Crippen molar-refractivity contribution in [2.45, 2.75) is 40.0 Å². The Labute approximate surface area is 120 Å². The molecule has 1 heterocycles. The number of aliphatic hydroxyl groups excluding tert-OH is 1. The summed E-state index contributed by atoms with van der Waals surface area (Å²) in [6.07, 6.45) is 1.67. The number of nitrogens with one attached hydrogen (secondary N) is 1. The molecule has 1 aromatic rings. The summed E-state index contributed by atoms with van der Waals surface area (Å²) in [6.45, 7) is 9.93. The number of carbonyl (C=O) groups is 1. The molecular weight excluding hydrogens is 256 g/mol. The quantitative estimate of drug-likeness (QED) is 0.810. The number of nitrogens with zero attached hydrogens (tertiary/aromatic N) is 1. The van der Waals surface area contributed by atoms with Gasteiger partial charge in [-0.2, -0.15) is 0 Å². The fourth-order valence-corrected chi connectivity index (χ4v) is 1.58. The van der Waals surface area contributed by atoms with Crippen LogP contribution in [0.1, 0.15) is 50.7 Å². The maximum Gasteiger partial charge on any atom is 0.276 e. The Morgan fingerprint density at radius 3 is 2.55 bits per heavy atom. The van der Waals surface area contributed by atoms with E-state index in [1.54, 1.807) is 18.3 Å². The van der Waals surface area contributed by atoms with Gasteiger partial charge in [-0.1, -0.05) is 34.6 Å².